The van der Waals surface area contributed by atoms with Crippen LogP contribution in [0.4, 0.5) is 11.4 Å². The van der Waals surface area contributed by atoms with Crippen LogP contribution in [0.5, 0.6) is 0 Å². The smallest absolute Gasteiger partial charge is 0.228 e. The highest BCUT2D eigenvalue weighted by molar-refractivity contribution is 7.99. The standard InChI is InChI=1S/C13H18N2OS/c1-3-8(2)7-17-12-6-11-9(4-10(12)14)5-13(16)15-11/h4,6,8H,3,5,7,14H2,1-2H3,(H,15,16). The number of amides is 1. The Morgan fingerprint density at radius 1 is 1.53 bits per heavy atom. The van der Waals surface area contributed by atoms with E-state index < -0.39 is 0 Å². The number of anilines is 2. The van der Waals surface area contributed by atoms with Crippen molar-refractivity contribution in [3.8, 4) is 0 Å². The number of carbonyl (C=O) groups is 1. The summed E-state index contributed by atoms with van der Waals surface area (Å²) in [5.41, 5.74) is 8.73. The Kier molecular flexibility index (Phi) is 3.62. The summed E-state index contributed by atoms with van der Waals surface area (Å²) >= 11 is 1.77. The van der Waals surface area contributed by atoms with Crippen LogP contribution >= 0.6 is 11.8 Å². The van der Waals surface area contributed by atoms with Gasteiger partial charge in [-0.25, -0.2) is 0 Å². The van der Waals surface area contributed by atoms with E-state index in [0.717, 1.165) is 27.6 Å². The van der Waals surface area contributed by atoms with Crippen molar-refractivity contribution in [1.82, 2.24) is 0 Å². The van der Waals surface area contributed by atoms with Crippen molar-refractivity contribution in [3.63, 3.8) is 0 Å². The van der Waals surface area contributed by atoms with Gasteiger partial charge >= 0.3 is 0 Å². The molecular formula is C13H18N2OS. The van der Waals surface area contributed by atoms with Crippen LogP contribution in [0.3, 0.4) is 0 Å². The van der Waals surface area contributed by atoms with Crippen LogP contribution in [0.2, 0.25) is 0 Å². The van der Waals surface area contributed by atoms with Gasteiger partial charge in [-0.1, -0.05) is 20.3 Å². The first-order valence-corrected chi connectivity index (χ1v) is 6.93. The minimum atomic E-state index is 0.0588. The molecule has 1 amide bonds. The maximum absolute atomic E-state index is 11.3. The zero-order valence-electron chi connectivity index (χ0n) is 10.2. The van der Waals surface area contributed by atoms with Gasteiger partial charge in [0.05, 0.1) is 6.42 Å². The first kappa shape index (κ1) is 12.3. The molecule has 2 rings (SSSR count). The maximum Gasteiger partial charge on any atom is 0.228 e. The molecule has 1 atom stereocenters. The van der Waals surface area contributed by atoms with E-state index in [1.807, 2.05) is 12.1 Å². The highest BCUT2D eigenvalue weighted by Gasteiger charge is 2.19. The Bertz CT molecular complexity index is 445. The van der Waals surface area contributed by atoms with Crippen LogP contribution < -0.4 is 11.1 Å². The summed E-state index contributed by atoms with van der Waals surface area (Å²) in [6, 6.07) is 3.93. The highest BCUT2D eigenvalue weighted by atomic mass is 32.2. The van der Waals surface area contributed by atoms with Crippen LogP contribution in [0.25, 0.3) is 0 Å². The number of carbonyl (C=O) groups excluding carboxylic acids is 1. The fraction of sp³-hybridized carbons (Fsp3) is 0.462. The molecule has 0 spiro atoms. The monoisotopic (exact) mass is 250 g/mol. The van der Waals surface area contributed by atoms with Gasteiger partial charge in [0, 0.05) is 22.0 Å². The third-order valence-electron chi connectivity index (χ3n) is 3.08. The van der Waals surface area contributed by atoms with Crippen molar-refractivity contribution < 1.29 is 4.79 Å². The minimum absolute atomic E-state index is 0.0588. The second-order valence-electron chi connectivity index (χ2n) is 4.60. The third-order valence-corrected chi connectivity index (χ3v) is 4.48. The lowest BCUT2D eigenvalue weighted by Crippen LogP contribution is -2.03. The number of hydrogen-bond donors (Lipinski definition) is 2. The van der Waals surface area contributed by atoms with Crippen LogP contribution in [-0.4, -0.2) is 11.7 Å². The molecule has 92 valence electrons. The molecule has 3 N–H and O–H groups in total. The van der Waals surface area contributed by atoms with E-state index in [9.17, 15) is 4.79 Å². The molecule has 4 heteroatoms. The average molecular weight is 250 g/mol. The average Bonchev–Trinajstić information content (AvgIpc) is 2.64. The van der Waals surface area contributed by atoms with Crippen LogP contribution in [-0.2, 0) is 11.2 Å². The zero-order valence-corrected chi connectivity index (χ0v) is 11.1. The molecule has 1 aliphatic heterocycles. The fourth-order valence-corrected chi connectivity index (χ4v) is 2.88. The van der Waals surface area contributed by atoms with E-state index in [0.29, 0.717) is 12.3 Å². The Hall–Kier alpha value is -1.16. The van der Waals surface area contributed by atoms with Gasteiger partial charge in [-0.3, -0.25) is 4.79 Å². The number of thioether (sulfide) groups is 1. The molecule has 17 heavy (non-hydrogen) atoms. The Morgan fingerprint density at radius 3 is 3.00 bits per heavy atom. The molecule has 1 heterocycles. The van der Waals surface area contributed by atoms with Gasteiger partial charge in [0.2, 0.25) is 5.91 Å². The summed E-state index contributed by atoms with van der Waals surface area (Å²) < 4.78 is 0. The van der Waals surface area contributed by atoms with Crippen molar-refractivity contribution in [1.29, 1.82) is 0 Å². The van der Waals surface area contributed by atoms with E-state index in [4.69, 9.17) is 5.73 Å². The SMILES string of the molecule is CCC(C)CSc1cc2c(cc1N)CC(=O)N2. The highest BCUT2D eigenvalue weighted by Crippen LogP contribution is 2.34. The first-order valence-electron chi connectivity index (χ1n) is 5.95. The van der Waals surface area contributed by atoms with Crippen LogP contribution in [0, 0.1) is 5.92 Å². The normalized spacial score (nSPS) is 15.5. The number of nitrogen functional groups attached to an aromatic ring is 1. The number of nitrogens with one attached hydrogen (secondary N) is 1. The Balaban J connectivity index is 2.14. The molecule has 0 saturated heterocycles. The quantitative estimate of drug-likeness (QED) is 0.638. The molecule has 3 nitrogen and oxygen atoms in total. The summed E-state index contributed by atoms with van der Waals surface area (Å²) in [4.78, 5) is 12.4. The molecule has 1 aliphatic rings. The van der Waals surface area contributed by atoms with Gasteiger partial charge < -0.3 is 11.1 Å². The van der Waals surface area contributed by atoms with Crippen molar-refractivity contribution in [2.24, 2.45) is 5.92 Å². The summed E-state index contributed by atoms with van der Waals surface area (Å²) in [6.07, 6.45) is 1.63. The molecule has 0 aromatic heterocycles. The first-order chi connectivity index (χ1) is 8.10. The maximum atomic E-state index is 11.3. The molecule has 0 bridgehead atoms. The van der Waals surface area contributed by atoms with Gasteiger partial charge in [0.15, 0.2) is 0 Å². The lowest BCUT2D eigenvalue weighted by atomic mass is 10.1. The number of nitrogens with two attached hydrogens (primary N) is 1. The van der Waals surface area contributed by atoms with E-state index in [1.165, 1.54) is 6.42 Å². The second kappa shape index (κ2) is 5.00. The molecule has 1 aromatic carbocycles. The predicted molar refractivity (Wildman–Crippen MR) is 73.4 cm³/mol. The molecular weight excluding hydrogens is 232 g/mol. The lowest BCUT2D eigenvalue weighted by Gasteiger charge is -2.11. The molecule has 0 fully saturated rings. The largest absolute Gasteiger partial charge is 0.398 e. The summed E-state index contributed by atoms with van der Waals surface area (Å²) in [5.74, 6) is 1.80. The van der Waals surface area contributed by atoms with Crippen molar-refractivity contribution >= 4 is 29.0 Å². The molecule has 1 unspecified atom stereocenters. The minimum Gasteiger partial charge on any atom is -0.398 e. The zero-order chi connectivity index (χ0) is 12.4. The van der Waals surface area contributed by atoms with Crippen molar-refractivity contribution in [2.45, 2.75) is 31.6 Å². The number of benzene rings is 1. The van der Waals surface area contributed by atoms with Gasteiger partial charge in [-0.2, -0.15) is 0 Å². The second-order valence-corrected chi connectivity index (χ2v) is 5.66. The van der Waals surface area contributed by atoms with Gasteiger partial charge in [-0.05, 0) is 23.6 Å². The van der Waals surface area contributed by atoms with Crippen LogP contribution in [0.15, 0.2) is 17.0 Å². The van der Waals surface area contributed by atoms with E-state index >= 15 is 0 Å². The molecule has 0 aliphatic carbocycles. The predicted octanol–water partition coefficient (Wildman–Crippen LogP) is 2.90. The van der Waals surface area contributed by atoms with Crippen molar-refractivity contribution in [2.75, 3.05) is 16.8 Å². The third kappa shape index (κ3) is 2.75. The summed E-state index contributed by atoms with van der Waals surface area (Å²) in [5, 5.41) is 2.86. The summed E-state index contributed by atoms with van der Waals surface area (Å²) in [7, 11) is 0. The lowest BCUT2D eigenvalue weighted by molar-refractivity contribution is -0.115. The van der Waals surface area contributed by atoms with Gasteiger partial charge in [0.25, 0.3) is 0 Å². The number of fused-ring (bicyclic) bond motifs is 1. The van der Waals surface area contributed by atoms with Gasteiger partial charge in [0.1, 0.15) is 0 Å². The van der Waals surface area contributed by atoms with E-state index in [1.54, 1.807) is 11.8 Å². The topological polar surface area (TPSA) is 55.1 Å². The van der Waals surface area contributed by atoms with E-state index in [-0.39, 0.29) is 5.91 Å². The van der Waals surface area contributed by atoms with Gasteiger partial charge in [-0.15, -0.1) is 11.8 Å². The van der Waals surface area contributed by atoms with Crippen LogP contribution in [0.1, 0.15) is 25.8 Å². The molecule has 1 aromatic rings. The van der Waals surface area contributed by atoms with Crippen molar-refractivity contribution in [3.05, 3.63) is 17.7 Å². The fourth-order valence-electron chi connectivity index (χ4n) is 1.75. The Morgan fingerprint density at radius 2 is 2.29 bits per heavy atom. The molecule has 0 radical (unpaired) electrons. The summed E-state index contributed by atoms with van der Waals surface area (Å²) in [6.45, 7) is 4.43. The van der Waals surface area contributed by atoms with E-state index in [2.05, 4.69) is 19.2 Å². The Labute approximate surface area is 106 Å². The molecule has 0 saturated carbocycles. The number of hydrogen-bond acceptors (Lipinski definition) is 3. The number of rotatable bonds is 4.